The molecule has 4 nitrogen and oxygen atoms in total. The van der Waals surface area contributed by atoms with Gasteiger partial charge in [0.05, 0.1) is 4.88 Å². The Morgan fingerprint density at radius 2 is 1.95 bits per heavy atom. The maximum absolute atomic E-state index is 12.0. The van der Waals surface area contributed by atoms with Crippen LogP contribution >= 0.6 is 11.3 Å². The fourth-order valence-electron chi connectivity index (χ4n) is 2.51. The third-order valence-electron chi connectivity index (χ3n) is 3.83. The second-order valence-corrected chi connectivity index (χ2v) is 6.52. The molecule has 1 aromatic carbocycles. The first-order valence-corrected chi connectivity index (χ1v) is 8.39. The van der Waals surface area contributed by atoms with Gasteiger partial charge in [0.2, 0.25) is 0 Å². The van der Waals surface area contributed by atoms with Crippen LogP contribution in [0.2, 0.25) is 0 Å². The van der Waals surface area contributed by atoms with E-state index in [9.17, 15) is 4.79 Å². The van der Waals surface area contributed by atoms with Gasteiger partial charge in [-0.25, -0.2) is 0 Å². The van der Waals surface area contributed by atoms with Crippen molar-refractivity contribution in [1.82, 2.24) is 4.90 Å². The van der Waals surface area contributed by atoms with Gasteiger partial charge in [-0.05, 0) is 55.6 Å². The highest BCUT2D eigenvalue weighted by molar-refractivity contribution is 7.12. The number of piperidine rings is 1. The van der Waals surface area contributed by atoms with Crippen LogP contribution in [0.4, 0.5) is 5.69 Å². The number of likely N-dealkylation sites (tertiary alicyclic amines) is 1. The first-order valence-electron chi connectivity index (χ1n) is 7.51. The van der Waals surface area contributed by atoms with Crippen molar-refractivity contribution in [3.05, 3.63) is 46.7 Å². The zero-order chi connectivity index (χ0) is 15.4. The minimum atomic E-state index is -0.0704. The van der Waals surface area contributed by atoms with Gasteiger partial charge >= 0.3 is 0 Å². The summed E-state index contributed by atoms with van der Waals surface area (Å²) >= 11 is 1.44. The average molecular weight is 316 g/mol. The summed E-state index contributed by atoms with van der Waals surface area (Å²) in [6, 6.07) is 11.3. The first-order chi connectivity index (χ1) is 10.7. The van der Waals surface area contributed by atoms with E-state index in [1.54, 1.807) is 0 Å². The lowest BCUT2D eigenvalue weighted by Crippen LogP contribution is -2.35. The number of benzene rings is 1. The molecule has 1 amide bonds. The predicted octanol–water partition coefficient (Wildman–Crippen LogP) is 3.47. The van der Waals surface area contributed by atoms with E-state index in [-0.39, 0.29) is 5.91 Å². The summed E-state index contributed by atoms with van der Waals surface area (Å²) in [5, 5.41) is 4.79. The molecule has 0 atom stereocenters. The highest BCUT2D eigenvalue weighted by Gasteiger charge is 2.17. The SMILES string of the molecule is CN1CCC(Oc2ccc(NC(=O)c3cccs3)cc2)CC1. The van der Waals surface area contributed by atoms with E-state index in [1.807, 2.05) is 41.8 Å². The van der Waals surface area contributed by atoms with Crippen LogP contribution in [0.3, 0.4) is 0 Å². The second-order valence-electron chi connectivity index (χ2n) is 5.58. The zero-order valence-corrected chi connectivity index (χ0v) is 13.4. The molecule has 2 aromatic rings. The molecular formula is C17H20N2O2S. The molecule has 22 heavy (non-hydrogen) atoms. The van der Waals surface area contributed by atoms with E-state index in [0.717, 1.165) is 37.4 Å². The molecule has 0 radical (unpaired) electrons. The third kappa shape index (κ3) is 3.87. The number of rotatable bonds is 4. The second kappa shape index (κ2) is 6.94. The summed E-state index contributed by atoms with van der Waals surface area (Å²) in [6.45, 7) is 2.17. The van der Waals surface area contributed by atoms with Crippen LogP contribution in [0.25, 0.3) is 0 Å². The fraction of sp³-hybridized carbons (Fsp3) is 0.353. The maximum atomic E-state index is 12.0. The summed E-state index contributed by atoms with van der Waals surface area (Å²) in [7, 11) is 2.14. The predicted molar refractivity (Wildman–Crippen MR) is 89.9 cm³/mol. The van der Waals surface area contributed by atoms with E-state index in [0.29, 0.717) is 11.0 Å². The van der Waals surface area contributed by atoms with Crippen LogP contribution in [0, 0.1) is 0 Å². The Bertz CT molecular complexity index is 602. The van der Waals surface area contributed by atoms with Gasteiger partial charge in [-0.15, -0.1) is 11.3 Å². The number of hydrogen-bond acceptors (Lipinski definition) is 4. The van der Waals surface area contributed by atoms with Crippen molar-refractivity contribution < 1.29 is 9.53 Å². The number of nitrogens with zero attached hydrogens (tertiary/aromatic N) is 1. The monoisotopic (exact) mass is 316 g/mol. The van der Waals surface area contributed by atoms with Gasteiger partial charge in [-0.1, -0.05) is 6.07 Å². The number of ether oxygens (including phenoxy) is 1. The molecule has 0 aliphatic carbocycles. The summed E-state index contributed by atoms with van der Waals surface area (Å²) in [5.74, 6) is 0.794. The summed E-state index contributed by atoms with van der Waals surface area (Å²) < 4.78 is 6.00. The average Bonchev–Trinajstić information content (AvgIpc) is 3.06. The van der Waals surface area contributed by atoms with Gasteiger partial charge in [-0.3, -0.25) is 4.79 Å². The lowest BCUT2D eigenvalue weighted by atomic mass is 10.1. The molecule has 1 saturated heterocycles. The number of carbonyl (C=O) groups excluding carboxylic acids is 1. The van der Waals surface area contributed by atoms with Crippen molar-refractivity contribution in [2.75, 3.05) is 25.5 Å². The summed E-state index contributed by atoms with van der Waals surface area (Å²) in [5.41, 5.74) is 0.786. The molecule has 0 bridgehead atoms. The summed E-state index contributed by atoms with van der Waals surface area (Å²) in [4.78, 5) is 15.0. The Hall–Kier alpha value is -1.85. The van der Waals surface area contributed by atoms with Crippen molar-refractivity contribution in [3.63, 3.8) is 0 Å². The van der Waals surface area contributed by atoms with Gasteiger partial charge in [0.15, 0.2) is 0 Å². The van der Waals surface area contributed by atoms with Gasteiger partial charge in [0.25, 0.3) is 5.91 Å². The standard InChI is InChI=1S/C17H20N2O2S/c1-19-10-8-15(9-11-19)21-14-6-4-13(5-7-14)18-17(20)16-3-2-12-22-16/h2-7,12,15H,8-11H2,1H3,(H,18,20). The van der Waals surface area contributed by atoms with E-state index in [2.05, 4.69) is 17.3 Å². The minimum Gasteiger partial charge on any atom is -0.490 e. The van der Waals surface area contributed by atoms with Crippen molar-refractivity contribution in [3.8, 4) is 5.75 Å². The molecule has 3 rings (SSSR count). The van der Waals surface area contributed by atoms with Gasteiger partial charge < -0.3 is 15.0 Å². The minimum absolute atomic E-state index is 0.0704. The molecule has 5 heteroatoms. The van der Waals surface area contributed by atoms with Gasteiger partial charge in [-0.2, -0.15) is 0 Å². The highest BCUT2D eigenvalue weighted by atomic mass is 32.1. The van der Waals surface area contributed by atoms with Crippen molar-refractivity contribution in [1.29, 1.82) is 0 Å². The molecule has 0 unspecified atom stereocenters. The lowest BCUT2D eigenvalue weighted by Gasteiger charge is -2.29. The van der Waals surface area contributed by atoms with E-state index in [4.69, 9.17) is 4.74 Å². The molecule has 2 heterocycles. The van der Waals surface area contributed by atoms with Crippen molar-refractivity contribution in [2.45, 2.75) is 18.9 Å². The van der Waals surface area contributed by atoms with Crippen LogP contribution < -0.4 is 10.1 Å². The molecule has 0 spiro atoms. The van der Waals surface area contributed by atoms with Gasteiger partial charge in [0.1, 0.15) is 11.9 Å². The Labute approximate surface area is 134 Å². The molecule has 1 fully saturated rings. The van der Waals surface area contributed by atoms with Crippen LogP contribution in [0.15, 0.2) is 41.8 Å². The first kappa shape index (κ1) is 15.1. The van der Waals surface area contributed by atoms with Crippen LogP contribution in [0.5, 0.6) is 5.75 Å². The number of carbonyl (C=O) groups is 1. The van der Waals surface area contributed by atoms with Crippen molar-refractivity contribution >= 4 is 22.9 Å². The Balaban J connectivity index is 1.55. The lowest BCUT2D eigenvalue weighted by molar-refractivity contribution is 0.103. The van der Waals surface area contributed by atoms with E-state index >= 15 is 0 Å². The van der Waals surface area contributed by atoms with E-state index < -0.39 is 0 Å². The Morgan fingerprint density at radius 1 is 1.23 bits per heavy atom. The number of thiophene rings is 1. The number of amides is 1. The highest BCUT2D eigenvalue weighted by Crippen LogP contribution is 2.21. The fourth-order valence-corrected chi connectivity index (χ4v) is 3.13. The smallest absolute Gasteiger partial charge is 0.265 e. The van der Waals surface area contributed by atoms with Crippen molar-refractivity contribution in [2.24, 2.45) is 0 Å². The number of nitrogens with one attached hydrogen (secondary N) is 1. The quantitative estimate of drug-likeness (QED) is 0.939. The maximum Gasteiger partial charge on any atom is 0.265 e. The largest absolute Gasteiger partial charge is 0.490 e. The molecule has 0 saturated carbocycles. The Kier molecular flexibility index (Phi) is 4.75. The van der Waals surface area contributed by atoms with Gasteiger partial charge in [0, 0.05) is 18.8 Å². The van der Waals surface area contributed by atoms with Crippen LogP contribution in [-0.2, 0) is 0 Å². The molecular weight excluding hydrogens is 296 g/mol. The third-order valence-corrected chi connectivity index (χ3v) is 4.69. The molecule has 1 aromatic heterocycles. The molecule has 1 aliphatic rings. The number of hydrogen-bond donors (Lipinski definition) is 1. The topological polar surface area (TPSA) is 41.6 Å². The molecule has 116 valence electrons. The molecule has 1 N–H and O–H groups in total. The zero-order valence-electron chi connectivity index (χ0n) is 12.6. The normalized spacial score (nSPS) is 16.4. The Morgan fingerprint density at radius 3 is 2.59 bits per heavy atom. The molecule has 1 aliphatic heterocycles. The number of anilines is 1. The summed E-state index contributed by atoms with van der Waals surface area (Å²) in [6.07, 6.45) is 2.42. The van der Waals surface area contributed by atoms with Crippen LogP contribution in [0.1, 0.15) is 22.5 Å². The van der Waals surface area contributed by atoms with E-state index in [1.165, 1.54) is 11.3 Å². The van der Waals surface area contributed by atoms with Crippen LogP contribution in [-0.4, -0.2) is 37.0 Å².